The van der Waals surface area contributed by atoms with Gasteiger partial charge in [-0.3, -0.25) is 9.10 Å². The summed E-state index contributed by atoms with van der Waals surface area (Å²) in [5.41, 5.74) is 3.13. The number of hydrogen-bond acceptors (Lipinski definition) is 3. The Morgan fingerprint density at radius 1 is 0.900 bits per heavy atom. The molecule has 1 amide bonds. The Balaban J connectivity index is 1.64. The van der Waals surface area contributed by atoms with E-state index < -0.39 is 10.0 Å². The molecule has 0 heterocycles. The quantitative estimate of drug-likeness (QED) is 0.592. The highest BCUT2D eigenvalue weighted by Crippen LogP contribution is 2.20. The summed E-state index contributed by atoms with van der Waals surface area (Å²) in [6.07, 6.45) is 1.19. The molecule has 5 nitrogen and oxygen atoms in total. The largest absolute Gasteiger partial charge is 0.351 e. The zero-order valence-electron chi connectivity index (χ0n) is 17.2. The number of nitrogens with zero attached hydrogens (tertiary/aromatic N) is 1. The van der Waals surface area contributed by atoms with Crippen molar-refractivity contribution in [3.8, 4) is 0 Å². The van der Waals surface area contributed by atoms with Crippen LogP contribution in [0.4, 0.5) is 5.69 Å². The summed E-state index contributed by atoms with van der Waals surface area (Å²) in [4.78, 5) is 12.5. The van der Waals surface area contributed by atoms with Crippen molar-refractivity contribution in [2.24, 2.45) is 0 Å². The van der Waals surface area contributed by atoms with Gasteiger partial charge in [0.25, 0.3) is 5.91 Å². The van der Waals surface area contributed by atoms with Crippen LogP contribution in [0.5, 0.6) is 0 Å². The maximum absolute atomic E-state index is 12.5. The monoisotopic (exact) mass is 422 g/mol. The number of carbonyl (C=O) groups excluding carboxylic acids is 1. The summed E-state index contributed by atoms with van der Waals surface area (Å²) < 4.78 is 25.8. The van der Waals surface area contributed by atoms with Crippen molar-refractivity contribution in [2.45, 2.75) is 19.4 Å². The lowest BCUT2D eigenvalue weighted by molar-refractivity contribution is 0.0951. The van der Waals surface area contributed by atoms with E-state index in [0.29, 0.717) is 17.8 Å². The van der Waals surface area contributed by atoms with Crippen molar-refractivity contribution in [2.75, 3.05) is 17.1 Å². The normalized spacial score (nSPS) is 12.2. The minimum atomic E-state index is -3.43. The number of nitrogens with one attached hydrogen (secondary N) is 1. The highest BCUT2D eigenvalue weighted by Gasteiger charge is 2.18. The first kappa shape index (κ1) is 21.6. The van der Waals surface area contributed by atoms with Crippen molar-refractivity contribution < 1.29 is 13.2 Å². The number of benzene rings is 3. The molecule has 0 aliphatic rings. The summed E-state index contributed by atoms with van der Waals surface area (Å²) in [7, 11) is -3.43. The van der Waals surface area contributed by atoms with Gasteiger partial charge in [0, 0.05) is 12.1 Å². The highest BCUT2D eigenvalue weighted by atomic mass is 32.2. The van der Waals surface area contributed by atoms with Crippen LogP contribution in [0.15, 0.2) is 84.9 Å². The van der Waals surface area contributed by atoms with Crippen LogP contribution < -0.4 is 9.62 Å². The smallest absolute Gasteiger partial charge is 0.251 e. The number of para-hydroxylation sites is 1. The number of carbonyl (C=O) groups is 1. The van der Waals surface area contributed by atoms with Gasteiger partial charge in [0.15, 0.2) is 0 Å². The predicted octanol–water partition coefficient (Wildman–Crippen LogP) is 4.19. The Morgan fingerprint density at radius 3 is 2.03 bits per heavy atom. The zero-order chi connectivity index (χ0) is 21.6. The van der Waals surface area contributed by atoms with E-state index in [1.807, 2.05) is 36.4 Å². The average molecular weight is 423 g/mol. The van der Waals surface area contributed by atoms with Gasteiger partial charge in [-0.1, -0.05) is 67.6 Å². The summed E-state index contributed by atoms with van der Waals surface area (Å²) in [5.74, 6) is 0.0657. The SMILES string of the molecule is C[C@@H](CNC(=O)c1ccc(CN(c2ccccc2)S(C)(=O)=O)cc1)c1ccccc1. The van der Waals surface area contributed by atoms with Crippen LogP contribution in [0.2, 0.25) is 0 Å². The van der Waals surface area contributed by atoms with Gasteiger partial charge in [0.05, 0.1) is 18.5 Å². The van der Waals surface area contributed by atoms with E-state index in [0.717, 1.165) is 5.56 Å². The standard InChI is InChI=1S/C24H26N2O3S/c1-19(21-9-5-3-6-10-21)17-25-24(27)22-15-13-20(14-16-22)18-26(30(2,28)29)23-11-7-4-8-12-23/h3-16,19H,17-18H2,1-2H3,(H,25,27)/t19-/m0/s1. The van der Waals surface area contributed by atoms with Crippen molar-refractivity contribution in [3.05, 3.63) is 102 Å². The third-order valence-corrected chi connectivity index (χ3v) is 6.06. The molecule has 6 heteroatoms. The topological polar surface area (TPSA) is 66.5 Å². The number of hydrogen-bond donors (Lipinski definition) is 1. The van der Waals surface area contributed by atoms with E-state index in [1.54, 1.807) is 48.5 Å². The van der Waals surface area contributed by atoms with E-state index in [2.05, 4.69) is 12.2 Å². The molecule has 0 unspecified atom stereocenters. The molecule has 3 aromatic rings. The van der Waals surface area contributed by atoms with E-state index in [1.165, 1.54) is 16.1 Å². The molecule has 1 N–H and O–H groups in total. The van der Waals surface area contributed by atoms with Gasteiger partial charge in [-0.25, -0.2) is 8.42 Å². The Labute approximate surface area is 178 Å². The van der Waals surface area contributed by atoms with E-state index >= 15 is 0 Å². The maximum atomic E-state index is 12.5. The van der Waals surface area contributed by atoms with Crippen molar-refractivity contribution in [3.63, 3.8) is 0 Å². The molecule has 0 saturated carbocycles. The van der Waals surface area contributed by atoms with Crippen LogP contribution >= 0.6 is 0 Å². The Kier molecular flexibility index (Phi) is 6.90. The number of anilines is 1. The van der Waals surface area contributed by atoms with Crippen molar-refractivity contribution in [1.82, 2.24) is 5.32 Å². The van der Waals surface area contributed by atoms with Gasteiger partial charge in [-0.15, -0.1) is 0 Å². The van der Waals surface area contributed by atoms with Gasteiger partial charge in [0.2, 0.25) is 10.0 Å². The molecule has 30 heavy (non-hydrogen) atoms. The molecule has 3 rings (SSSR count). The predicted molar refractivity (Wildman–Crippen MR) is 121 cm³/mol. The van der Waals surface area contributed by atoms with E-state index in [9.17, 15) is 13.2 Å². The molecule has 0 fully saturated rings. The minimum absolute atomic E-state index is 0.146. The van der Waals surface area contributed by atoms with Crippen LogP contribution in [-0.4, -0.2) is 27.1 Å². The Hall–Kier alpha value is -3.12. The molecule has 0 aromatic heterocycles. The molecule has 0 aliphatic carbocycles. The van der Waals surface area contributed by atoms with E-state index in [4.69, 9.17) is 0 Å². The number of rotatable bonds is 8. The van der Waals surface area contributed by atoms with Gasteiger partial charge < -0.3 is 5.32 Å². The molecule has 156 valence electrons. The third-order valence-electron chi connectivity index (χ3n) is 4.92. The second-order valence-electron chi connectivity index (χ2n) is 7.32. The first-order valence-electron chi connectivity index (χ1n) is 9.79. The second-order valence-corrected chi connectivity index (χ2v) is 9.23. The van der Waals surface area contributed by atoms with Crippen LogP contribution in [0.25, 0.3) is 0 Å². The summed E-state index contributed by atoms with van der Waals surface area (Å²) in [6.45, 7) is 2.82. The molecule has 0 radical (unpaired) electrons. The zero-order valence-corrected chi connectivity index (χ0v) is 18.0. The van der Waals surface area contributed by atoms with Crippen LogP contribution in [0.1, 0.15) is 34.3 Å². The molecule has 0 bridgehead atoms. The molecule has 1 atom stereocenters. The summed E-state index contributed by atoms with van der Waals surface area (Å²) in [6, 6.07) is 26.0. The van der Waals surface area contributed by atoms with Crippen molar-refractivity contribution in [1.29, 1.82) is 0 Å². The first-order valence-corrected chi connectivity index (χ1v) is 11.6. The lowest BCUT2D eigenvalue weighted by atomic mass is 10.0. The van der Waals surface area contributed by atoms with Gasteiger partial charge in [-0.05, 0) is 41.3 Å². The molecule has 3 aromatic carbocycles. The fourth-order valence-corrected chi connectivity index (χ4v) is 4.06. The molecule has 0 aliphatic heterocycles. The molecular weight excluding hydrogens is 396 g/mol. The van der Waals surface area contributed by atoms with Crippen LogP contribution in [0, 0.1) is 0 Å². The van der Waals surface area contributed by atoms with Crippen LogP contribution in [0.3, 0.4) is 0 Å². The number of amides is 1. The lowest BCUT2D eigenvalue weighted by Crippen LogP contribution is -2.29. The lowest BCUT2D eigenvalue weighted by Gasteiger charge is -2.22. The number of sulfonamides is 1. The molecular formula is C24H26N2O3S. The Morgan fingerprint density at radius 2 is 1.47 bits per heavy atom. The molecule has 0 spiro atoms. The minimum Gasteiger partial charge on any atom is -0.351 e. The third kappa shape index (κ3) is 5.70. The van der Waals surface area contributed by atoms with E-state index in [-0.39, 0.29) is 18.4 Å². The highest BCUT2D eigenvalue weighted by molar-refractivity contribution is 7.92. The second kappa shape index (κ2) is 9.59. The Bertz CT molecular complexity index is 1070. The maximum Gasteiger partial charge on any atom is 0.251 e. The molecule has 0 saturated heterocycles. The fraction of sp³-hybridized carbons (Fsp3) is 0.208. The van der Waals surface area contributed by atoms with Crippen molar-refractivity contribution >= 4 is 21.6 Å². The van der Waals surface area contributed by atoms with Gasteiger partial charge in [0.1, 0.15) is 0 Å². The summed E-state index contributed by atoms with van der Waals surface area (Å²) in [5, 5.41) is 2.96. The van der Waals surface area contributed by atoms with Gasteiger partial charge in [-0.2, -0.15) is 0 Å². The first-order chi connectivity index (χ1) is 14.3. The average Bonchev–Trinajstić information content (AvgIpc) is 2.76. The van der Waals surface area contributed by atoms with Gasteiger partial charge >= 0.3 is 0 Å². The summed E-state index contributed by atoms with van der Waals surface area (Å²) >= 11 is 0. The van der Waals surface area contributed by atoms with Crippen LogP contribution in [-0.2, 0) is 16.6 Å². The fourth-order valence-electron chi connectivity index (χ4n) is 3.17.